The number of nitrogens with one attached hydrogen (secondary N) is 1. The summed E-state index contributed by atoms with van der Waals surface area (Å²) in [5.41, 5.74) is 0.839. The van der Waals surface area contributed by atoms with E-state index in [1.165, 1.54) is 18.1 Å². The monoisotopic (exact) mass is 449 g/mol. The number of ether oxygens (including phenoxy) is 2. The number of carbonyl (C=O) groups is 1. The summed E-state index contributed by atoms with van der Waals surface area (Å²) >= 11 is 0. The molecule has 0 radical (unpaired) electrons. The molecule has 0 bridgehead atoms. The molecule has 3 heterocycles. The molecule has 1 N–H and O–H groups in total. The van der Waals surface area contributed by atoms with Crippen LogP contribution in [0.25, 0.3) is 10.8 Å². The molecular formula is C22H20FN7O3. The van der Waals surface area contributed by atoms with Crippen LogP contribution in [0.2, 0.25) is 0 Å². The van der Waals surface area contributed by atoms with Gasteiger partial charge in [-0.15, -0.1) is 5.10 Å². The SMILES string of the molecule is CC[C@@H]1[C@H](F)C(=O)N[C@@H]1COc1ncc(C#Cc2nnn(C)n2)c2cc(C#N)c(OC)cc12. The van der Waals surface area contributed by atoms with E-state index >= 15 is 0 Å². The number of rotatable bonds is 5. The maximum atomic E-state index is 14.1. The number of nitriles is 1. The van der Waals surface area contributed by atoms with Gasteiger partial charge in [-0.3, -0.25) is 4.79 Å². The zero-order valence-corrected chi connectivity index (χ0v) is 18.2. The number of benzene rings is 1. The third-order valence-electron chi connectivity index (χ3n) is 5.45. The molecule has 1 aliphatic heterocycles. The Kier molecular flexibility index (Phi) is 6.05. The fraction of sp³-hybridized carbons (Fsp3) is 0.364. The first-order chi connectivity index (χ1) is 15.9. The molecule has 0 aliphatic carbocycles. The van der Waals surface area contributed by atoms with Crippen molar-refractivity contribution in [3.8, 4) is 29.5 Å². The quantitative estimate of drug-likeness (QED) is 0.577. The second-order valence-electron chi connectivity index (χ2n) is 7.44. The van der Waals surface area contributed by atoms with Gasteiger partial charge >= 0.3 is 0 Å². The van der Waals surface area contributed by atoms with Crippen LogP contribution in [0.5, 0.6) is 11.6 Å². The largest absolute Gasteiger partial charge is 0.495 e. The predicted octanol–water partition coefficient (Wildman–Crippen LogP) is 1.28. The van der Waals surface area contributed by atoms with E-state index in [0.29, 0.717) is 34.1 Å². The molecule has 0 unspecified atom stereocenters. The van der Waals surface area contributed by atoms with Crippen LogP contribution >= 0.6 is 0 Å². The third kappa shape index (κ3) is 4.26. The van der Waals surface area contributed by atoms with Crippen molar-refractivity contribution in [2.45, 2.75) is 25.6 Å². The highest BCUT2D eigenvalue weighted by Gasteiger charge is 2.41. The second-order valence-corrected chi connectivity index (χ2v) is 7.44. The Hall–Kier alpha value is -4.25. The van der Waals surface area contributed by atoms with Crippen molar-refractivity contribution in [3.05, 3.63) is 35.3 Å². The van der Waals surface area contributed by atoms with Gasteiger partial charge in [-0.2, -0.15) is 10.1 Å². The second kappa shape index (κ2) is 9.09. The molecule has 0 spiro atoms. The first-order valence-corrected chi connectivity index (χ1v) is 10.2. The van der Waals surface area contributed by atoms with E-state index in [4.69, 9.17) is 9.47 Å². The fourth-order valence-electron chi connectivity index (χ4n) is 3.76. The Morgan fingerprint density at radius 1 is 1.27 bits per heavy atom. The van der Waals surface area contributed by atoms with Gasteiger partial charge in [-0.05, 0) is 29.7 Å². The van der Waals surface area contributed by atoms with Gasteiger partial charge in [0.2, 0.25) is 11.7 Å². The Labute approximate surface area is 188 Å². The van der Waals surface area contributed by atoms with E-state index in [1.807, 2.05) is 6.92 Å². The lowest BCUT2D eigenvalue weighted by Crippen LogP contribution is -2.34. The van der Waals surface area contributed by atoms with Crippen molar-refractivity contribution >= 4 is 16.7 Å². The molecule has 2 aromatic heterocycles. The molecule has 3 atom stereocenters. The van der Waals surface area contributed by atoms with Gasteiger partial charge in [0.25, 0.3) is 5.91 Å². The summed E-state index contributed by atoms with van der Waals surface area (Å²) in [6, 6.07) is 4.91. The minimum Gasteiger partial charge on any atom is -0.495 e. The first-order valence-electron chi connectivity index (χ1n) is 10.2. The Balaban J connectivity index is 1.72. The number of tetrazole rings is 1. The summed E-state index contributed by atoms with van der Waals surface area (Å²) in [5, 5.41) is 24.9. The molecule has 168 valence electrons. The van der Waals surface area contributed by atoms with Crippen LogP contribution in [-0.2, 0) is 11.8 Å². The highest BCUT2D eigenvalue weighted by atomic mass is 19.1. The molecular weight excluding hydrogens is 429 g/mol. The van der Waals surface area contributed by atoms with Crippen molar-refractivity contribution in [2.24, 2.45) is 13.0 Å². The van der Waals surface area contributed by atoms with Crippen LogP contribution in [-0.4, -0.2) is 57.0 Å². The van der Waals surface area contributed by atoms with Crippen LogP contribution in [0.4, 0.5) is 4.39 Å². The zero-order chi connectivity index (χ0) is 23.5. The number of aryl methyl sites for hydroxylation is 1. The smallest absolute Gasteiger partial charge is 0.255 e. The normalized spacial score (nSPS) is 19.5. The number of aromatic nitrogens is 5. The molecule has 1 fully saturated rings. The van der Waals surface area contributed by atoms with Crippen molar-refractivity contribution in [1.29, 1.82) is 5.26 Å². The number of hydrogen-bond donors (Lipinski definition) is 1. The minimum atomic E-state index is -1.56. The molecule has 4 rings (SSSR count). The molecule has 1 amide bonds. The molecule has 33 heavy (non-hydrogen) atoms. The molecule has 10 nitrogen and oxygen atoms in total. The number of hydrogen-bond acceptors (Lipinski definition) is 8. The van der Waals surface area contributed by atoms with E-state index in [-0.39, 0.29) is 18.3 Å². The number of alkyl halides is 1. The van der Waals surface area contributed by atoms with E-state index in [0.717, 1.165) is 0 Å². The van der Waals surface area contributed by atoms with Gasteiger partial charge in [0.05, 0.1) is 31.3 Å². The fourth-order valence-corrected chi connectivity index (χ4v) is 3.76. The summed E-state index contributed by atoms with van der Waals surface area (Å²) in [7, 11) is 3.09. The molecule has 3 aromatic rings. The van der Waals surface area contributed by atoms with Crippen LogP contribution < -0.4 is 14.8 Å². The van der Waals surface area contributed by atoms with Gasteiger partial charge in [-0.25, -0.2) is 9.37 Å². The summed E-state index contributed by atoms with van der Waals surface area (Å²) in [4.78, 5) is 17.4. The number of amides is 1. The average Bonchev–Trinajstić information content (AvgIpc) is 3.36. The number of fused-ring (bicyclic) bond motifs is 1. The highest BCUT2D eigenvalue weighted by molar-refractivity contribution is 5.94. The van der Waals surface area contributed by atoms with Gasteiger partial charge in [0.1, 0.15) is 18.4 Å². The topological polar surface area (TPSA) is 128 Å². The molecule has 11 heteroatoms. The maximum Gasteiger partial charge on any atom is 0.255 e. The highest BCUT2D eigenvalue weighted by Crippen LogP contribution is 2.33. The van der Waals surface area contributed by atoms with Crippen molar-refractivity contribution < 1.29 is 18.7 Å². The van der Waals surface area contributed by atoms with Crippen LogP contribution in [0.3, 0.4) is 0 Å². The van der Waals surface area contributed by atoms with E-state index in [9.17, 15) is 14.4 Å². The zero-order valence-electron chi connectivity index (χ0n) is 18.2. The number of nitrogens with zero attached hydrogens (tertiary/aromatic N) is 6. The number of methoxy groups -OCH3 is 1. The van der Waals surface area contributed by atoms with E-state index < -0.39 is 24.0 Å². The molecule has 1 aliphatic rings. The maximum absolute atomic E-state index is 14.1. The standard InChI is InChI=1S/C22H20FN7O3/c1-4-14-17(26-21(31)20(14)23)11-33-22-16-8-18(32-3)13(9-24)7-15(16)12(10-25-22)5-6-19-27-29-30(2)28-19/h7-8,10,14,17,20H,4,11H2,1-3H3,(H,26,31)/t14-,17+,20-/m0/s1. The Morgan fingerprint density at radius 2 is 2.09 bits per heavy atom. The van der Waals surface area contributed by atoms with E-state index in [1.54, 1.807) is 19.2 Å². The van der Waals surface area contributed by atoms with Crippen LogP contribution in [0, 0.1) is 29.1 Å². The van der Waals surface area contributed by atoms with Crippen molar-refractivity contribution in [3.63, 3.8) is 0 Å². The van der Waals surface area contributed by atoms with Crippen molar-refractivity contribution in [1.82, 2.24) is 30.5 Å². The third-order valence-corrected chi connectivity index (χ3v) is 5.45. The summed E-state index contributed by atoms with van der Waals surface area (Å²) in [5.74, 6) is 5.51. The van der Waals surface area contributed by atoms with E-state index in [2.05, 4.69) is 43.6 Å². The van der Waals surface area contributed by atoms with Gasteiger partial charge in [-0.1, -0.05) is 17.9 Å². The average molecular weight is 449 g/mol. The lowest BCUT2D eigenvalue weighted by atomic mass is 9.97. The molecule has 1 saturated heterocycles. The van der Waals surface area contributed by atoms with Gasteiger partial charge < -0.3 is 14.8 Å². The lowest BCUT2D eigenvalue weighted by Gasteiger charge is -2.19. The molecule has 0 saturated carbocycles. The Morgan fingerprint density at radius 3 is 2.76 bits per heavy atom. The summed E-state index contributed by atoms with van der Waals surface area (Å²) < 4.78 is 25.4. The minimum absolute atomic E-state index is 0.0453. The summed E-state index contributed by atoms with van der Waals surface area (Å²) in [6.07, 6.45) is 0.447. The number of pyridine rings is 1. The van der Waals surface area contributed by atoms with Gasteiger partial charge in [0, 0.05) is 22.9 Å². The Bertz CT molecular complexity index is 1320. The number of carbonyl (C=O) groups excluding carboxylic acids is 1. The number of halogens is 1. The summed E-state index contributed by atoms with van der Waals surface area (Å²) in [6.45, 7) is 1.87. The lowest BCUT2D eigenvalue weighted by molar-refractivity contribution is -0.123. The van der Waals surface area contributed by atoms with Gasteiger partial charge in [0.15, 0.2) is 6.17 Å². The first kappa shape index (κ1) is 22.0. The molecule has 1 aromatic carbocycles. The van der Waals surface area contributed by atoms with Crippen LogP contribution in [0.1, 0.15) is 30.3 Å². The van der Waals surface area contributed by atoms with Crippen molar-refractivity contribution in [2.75, 3.05) is 13.7 Å². The predicted molar refractivity (Wildman–Crippen MR) is 114 cm³/mol. The van der Waals surface area contributed by atoms with Crippen LogP contribution in [0.15, 0.2) is 18.3 Å².